The first-order valence-corrected chi connectivity index (χ1v) is 6.10. The Morgan fingerprint density at radius 2 is 2.12 bits per heavy atom. The Bertz CT molecular complexity index is 291. The van der Waals surface area contributed by atoms with Crippen LogP contribution in [0.15, 0.2) is 12.3 Å². The van der Waals surface area contributed by atoms with Gasteiger partial charge in [-0.25, -0.2) is 0 Å². The maximum absolute atomic E-state index is 4.34. The smallest absolute Gasteiger partial charge is 0.0762 e. The number of nitrogens with zero attached hydrogens (tertiary/aromatic N) is 3. The van der Waals surface area contributed by atoms with Crippen LogP contribution in [0.2, 0.25) is 0 Å². The maximum atomic E-state index is 4.34. The Morgan fingerprint density at radius 3 is 2.62 bits per heavy atom. The summed E-state index contributed by atoms with van der Waals surface area (Å²) in [4.78, 5) is 2.43. The molecule has 0 aliphatic rings. The van der Waals surface area contributed by atoms with Gasteiger partial charge in [-0.2, -0.15) is 5.10 Å². The van der Waals surface area contributed by atoms with Crippen LogP contribution < -0.4 is 5.32 Å². The summed E-state index contributed by atoms with van der Waals surface area (Å²) in [6.45, 7) is 10.8. The summed E-state index contributed by atoms with van der Waals surface area (Å²) in [6.07, 6.45) is 1.98. The molecule has 4 heteroatoms. The zero-order chi connectivity index (χ0) is 12.0. The molecule has 0 saturated carbocycles. The number of hydrogen-bond acceptors (Lipinski definition) is 3. The van der Waals surface area contributed by atoms with Crippen LogP contribution in [0.3, 0.4) is 0 Å². The second-order valence-corrected chi connectivity index (χ2v) is 4.25. The van der Waals surface area contributed by atoms with Gasteiger partial charge in [0, 0.05) is 32.4 Å². The van der Waals surface area contributed by atoms with E-state index in [0.717, 1.165) is 31.9 Å². The second kappa shape index (κ2) is 6.66. The van der Waals surface area contributed by atoms with Crippen LogP contribution in [0.5, 0.6) is 0 Å². The molecule has 92 valence electrons. The van der Waals surface area contributed by atoms with Gasteiger partial charge in [0.15, 0.2) is 0 Å². The molecule has 0 aromatic carbocycles. The van der Waals surface area contributed by atoms with Crippen LogP contribution >= 0.6 is 0 Å². The molecular weight excluding hydrogens is 200 g/mol. The van der Waals surface area contributed by atoms with Crippen LogP contribution in [-0.4, -0.2) is 40.4 Å². The van der Waals surface area contributed by atoms with Crippen LogP contribution in [0.25, 0.3) is 0 Å². The third-order valence-corrected chi connectivity index (χ3v) is 2.83. The first-order chi connectivity index (χ1) is 7.65. The number of rotatable bonds is 7. The van der Waals surface area contributed by atoms with Gasteiger partial charge >= 0.3 is 0 Å². The van der Waals surface area contributed by atoms with Gasteiger partial charge in [-0.3, -0.25) is 4.68 Å². The van der Waals surface area contributed by atoms with E-state index in [-0.39, 0.29) is 0 Å². The summed E-state index contributed by atoms with van der Waals surface area (Å²) in [5.74, 6) is 0. The number of aryl methyl sites for hydroxylation is 1. The number of likely N-dealkylation sites (N-methyl/N-ethyl adjacent to an activating group) is 1. The summed E-state index contributed by atoms with van der Waals surface area (Å²) < 4.78 is 1.84. The van der Waals surface area contributed by atoms with Crippen molar-refractivity contribution in [2.24, 2.45) is 7.05 Å². The molecule has 1 heterocycles. The van der Waals surface area contributed by atoms with Crippen LogP contribution in [0.1, 0.15) is 26.5 Å². The fourth-order valence-corrected chi connectivity index (χ4v) is 1.77. The van der Waals surface area contributed by atoms with E-state index >= 15 is 0 Å². The fourth-order valence-electron chi connectivity index (χ4n) is 1.77. The zero-order valence-electron chi connectivity index (χ0n) is 10.9. The lowest BCUT2D eigenvalue weighted by Crippen LogP contribution is -2.38. The van der Waals surface area contributed by atoms with E-state index in [1.165, 1.54) is 0 Å². The molecule has 0 aliphatic carbocycles. The van der Waals surface area contributed by atoms with Crippen molar-refractivity contribution in [3.05, 3.63) is 18.0 Å². The highest BCUT2D eigenvalue weighted by atomic mass is 15.3. The zero-order valence-corrected chi connectivity index (χ0v) is 10.9. The standard InChI is InChI=1S/C12H24N4/c1-5-16(6-2)10-11(3)13-9-12-7-8-15(4)14-12/h7-8,11,13H,5-6,9-10H2,1-4H3. The Kier molecular flexibility index (Phi) is 5.49. The molecule has 0 amide bonds. The van der Waals surface area contributed by atoms with Crippen LogP contribution in [0, 0.1) is 0 Å². The molecular formula is C12H24N4. The molecule has 1 N–H and O–H groups in total. The van der Waals surface area contributed by atoms with Crippen molar-refractivity contribution in [2.45, 2.75) is 33.4 Å². The molecule has 0 spiro atoms. The van der Waals surface area contributed by atoms with E-state index < -0.39 is 0 Å². The van der Waals surface area contributed by atoms with Gasteiger partial charge in [0.25, 0.3) is 0 Å². The van der Waals surface area contributed by atoms with Crippen molar-refractivity contribution in [1.29, 1.82) is 0 Å². The molecule has 0 bridgehead atoms. The lowest BCUT2D eigenvalue weighted by atomic mass is 10.3. The van der Waals surface area contributed by atoms with Crippen LogP contribution in [-0.2, 0) is 13.6 Å². The number of hydrogen-bond donors (Lipinski definition) is 1. The number of nitrogens with one attached hydrogen (secondary N) is 1. The Labute approximate surface area is 98.6 Å². The van der Waals surface area contributed by atoms with Gasteiger partial charge in [0.05, 0.1) is 5.69 Å². The second-order valence-electron chi connectivity index (χ2n) is 4.25. The first kappa shape index (κ1) is 13.2. The molecule has 1 aromatic rings. The van der Waals surface area contributed by atoms with Crippen molar-refractivity contribution >= 4 is 0 Å². The topological polar surface area (TPSA) is 33.1 Å². The minimum Gasteiger partial charge on any atom is -0.307 e. The van der Waals surface area contributed by atoms with Crippen molar-refractivity contribution in [3.63, 3.8) is 0 Å². The van der Waals surface area contributed by atoms with Gasteiger partial charge < -0.3 is 10.2 Å². The van der Waals surface area contributed by atoms with E-state index in [0.29, 0.717) is 6.04 Å². The molecule has 4 nitrogen and oxygen atoms in total. The van der Waals surface area contributed by atoms with E-state index in [4.69, 9.17) is 0 Å². The highest BCUT2D eigenvalue weighted by Gasteiger charge is 2.06. The molecule has 1 unspecified atom stereocenters. The predicted molar refractivity (Wildman–Crippen MR) is 67.3 cm³/mol. The van der Waals surface area contributed by atoms with Gasteiger partial charge in [-0.15, -0.1) is 0 Å². The minimum absolute atomic E-state index is 0.502. The van der Waals surface area contributed by atoms with Gasteiger partial charge in [0.2, 0.25) is 0 Å². The quantitative estimate of drug-likeness (QED) is 0.756. The van der Waals surface area contributed by atoms with Crippen molar-refractivity contribution in [2.75, 3.05) is 19.6 Å². The molecule has 1 rings (SSSR count). The molecule has 0 fully saturated rings. The van der Waals surface area contributed by atoms with Crippen molar-refractivity contribution in [3.8, 4) is 0 Å². The minimum atomic E-state index is 0.502. The van der Waals surface area contributed by atoms with Gasteiger partial charge in [-0.1, -0.05) is 13.8 Å². The summed E-state index contributed by atoms with van der Waals surface area (Å²) in [6, 6.07) is 2.55. The molecule has 1 aromatic heterocycles. The molecule has 0 radical (unpaired) electrons. The monoisotopic (exact) mass is 224 g/mol. The largest absolute Gasteiger partial charge is 0.307 e. The van der Waals surface area contributed by atoms with Gasteiger partial charge in [0.1, 0.15) is 0 Å². The molecule has 1 atom stereocenters. The van der Waals surface area contributed by atoms with E-state index in [9.17, 15) is 0 Å². The third-order valence-electron chi connectivity index (χ3n) is 2.83. The summed E-state index contributed by atoms with van der Waals surface area (Å²) in [5, 5.41) is 7.84. The van der Waals surface area contributed by atoms with Crippen LogP contribution in [0.4, 0.5) is 0 Å². The predicted octanol–water partition coefficient (Wildman–Crippen LogP) is 1.24. The number of aromatic nitrogens is 2. The molecule has 16 heavy (non-hydrogen) atoms. The summed E-state index contributed by atoms with van der Waals surface area (Å²) >= 11 is 0. The van der Waals surface area contributed by atoms with E-state index in [1.54, 1.807) is 0 Å². The van der Waals surface area contributed by atoms with Gasteiger partial charge in [-0.05, 0) is 26.1 Å². The van der Waals surface area contributed by atoms with E-state index in [1.807, 2.05) is 17.9 Å². The summed E-state index contributed by atoms with van der Waals surface area (Å²) in [5.41, 5.74) is 1.11. The maximum Gasteiger partial charge on any atom is 0.0762 e. The van der Waals surface area contributed by atoms with E-state index in [2.05, 4.69) is 42.2 Å². The fraction of sp³-hybridized carbons (Fsp3) is 0.750. The lowest BCUT2D eigenvalue weighted by Gasteiger charge is -2.23. The first-order valence-electron chi connectivity index (χ1n) is 6.10. The molecule has 0 aliphatic heterocycles. The normalized spacial score (nSPS) is 13.3. The Hall–Kier alpha value is -0.870. The Morgan fingerprint density at radius 1 is 1.44 bits per heavy atom. The average molecular weight is 224 g/mol. The Balaban J connectivity index is 2.26. The summed E-state index contributed by atoms with van der Waals surface area (Å²) in [7, 11) is 1.95. The molecule has 0 saturated heterocycles. The SMILES string of the molecule is CCN(CC)CC(C)NCc1ccn(C)n1. The highest BCUT2D eigenvalue weighted by molar-refractivity contribution is 4.98. The van der Waals surface area contributed by atoms with Crippen molar-refractivity contribution in [1.82, 2.24) is 20.0 Å². The third kappa shape index (κ3) is 4.33. The highest BCUT2D eigenvalue weighted by Crippen LogP contribution is 1.96. The van der Waals surface area contributed by atoms with Crippen molar-refractivity contribution < 1.29 is 0 Å². The average Bonchev–Trinajstić information content (AvgIpc) is 2.69. The lowest BCUT2D eigenvalue weighted by molar-refractivity contribution is 0.270.